The summed E-state index contributed by atoms with van der Waals surface area (Å²) in [6.45, 7) is 9.79. The van der Waals surface area contributed by atoms with Crippen LogP contribution in [0.25, 0.3) is 11.4 Å². The van der Waals surface area contributed by atoms with Gasteiger partial charge in [0.1, 0.15) is 23.9 Å². The fraction of sp³-hybridized carbons (Fsp3) is 0.438. The second-order valence-corrected chi connectivity index (χ2v) is 12.5. The summed E-state index contributed by atoms with van der Waals surface area (Å²) in [4.78, 5) is 51.2. The van der Waals surface area contributed by atoms with E-state index in [0.29, 0.717) is 30.7 Å². The molecule has 3 N–H and O–H groups in total. The number of amides is 3. The van der Waals surface area contributed by atoms with Crippen LogP contribution >= 0.6 is 0 Å². The second-order valence-electron chi connectivity index (χ2n) is 12.5. The minimum absolute atomic E-state index is 0.0657. The van der Waals surface area contributed by atoms with Crippen molar-refractivity contribution in [2.24, 2.45) is 11.8 Å². The minimum Gasteiger partial charge on any atom is -0.349 e. The zero-order chi connectivity index (χ0) is 28.6. The van der Waals surface area contributed by atoms with Crippen molar-refractivity contribution >= 4 is 17.7 Å². The zero-order valence-corrected chi connectivity index (χ0v) is 23.9. The van der Waals surface area contributed by atoms with Crippen molar-refractivity contribution in [1.82, 2.24) is 25.5 Å². The van der Waals surface area contributed by atoms with Gasteiger partial charge in [-0.15, -0.1) is 0 Å². The van der Waals surface area contributed by atoms with Gasteiger partial charge in [-0.05, 0) is 68.6 Å². The molecule has 8 heteroatoms. The first kappa shape index (κ1) is 27.6. The van der Waals surface area contributed by atoms with Crippen LogP contribution in [0, 0.1) is 11.8 Å². The summed E-state index contributed by atoms with van der Waals surface area (Å²) >= 11 is 0. The van der Waals surface area contributed by atoms with Crippen LogP contribution in [-0.2, 0) is 27.2 Å². The summed E-state index contributed by atoms with van der Waals surface area (Å²) in [5, 5.41) is 6.16. The van der Waals surface area contributed by atoms with Crippen molar-refractivity contribution in [2.45, 2.75) is 77.5 Å². The monoisotopic (exact) mass is 541 g/mol. The van der Waals surface area contributed by atoms with Gasteiger partial charge >= 0.3 is 0 Å². The number of aromatic amines is 1. The van der Waals surface area contributed by atoms with E-state index in [-0.39, 0.29) is 29.6 Å². The van der Waals surface area contributed by atoms with Gasteiger partial charge in [-0.2, -0.15) is 0 Å². The summed E-state index contributed by atoms with van der Waals surface area (Å²) in [5.41, 5.74) is 3.42. The molecule has 3 amide bonds. The van der Waals surface area contributed by atoms with Crippen molar-refractivity contribution in [2.75, 3.05) is 0 Å². The van der Waals surface area contributed by atoms with Gasteiger partial charge in [0.05, 0.1) is 0 Å². The number of fused-ring (bicyclic) bond motifs is 1. The number of rotatable bonds is 7. The van der Waals surface area contributed by atoms with Crippen LogP contribution in [0.4, 0.5) is 0 Å². The first-order chi connectivity index (χ1) is 19.0. The van der Waals surface area contributed by atoms with Gasteiger partial charge in [0.15, 0.2) is 0 Å². The number of imidazole rings is 1. The van der Waals surface area contributed by atoms with Crippen LogP contribution in [0.15, 0.2) is 60.9 Å². The van der Waals surface area contributed by atoms with E-state index in [2.05, 4.69) is 32.7 Å². The Bertz CT molecular complexity index is 1350. The molecule has 1 saturated heterocycles. The second kappa shape index (κ2) is 10.9. The highest BCUT2D eigenvalue weighted by atomic mass is 16.2. The highest BCUT2D eigenvalue weighted by Gasteiger charge is 2.49. The Balaban J connectivity index is 1.55. The maximum atomic E-state index is 14.5. The average Bonchev–Trinajstić information content (AvgIpc) is 3.57. The Morgan fingerprint density at radius 2 is 1.70 bits per heavy atom. The molecule has 8 nitrogen and oxygen atoms in total. The van der Waals surface area contributed by atoms with E-state index in [1.54, 1.807) is 17.3 Å². The molecule has 1 aromatic heterocycles. The van der Waals surface area contributed by atoms with E-state index in [4.69, 9.17) is 0 Å². The summed E-state index contributed by atoms with van der Waals surface area (Å²) in [5.74, 6) is 0.0926. The Hall–Kier alpha value is -3.94. The SMILES string of the molecule is CC(C)C[C@@H]1C(=O)N[C@H](C2Cc3ccccc3C2)C(=O)N1C(C(=O)NC(C)(C)C)c1ccc(-c2ncc[nH]2)cc1. The first-order valence-corrected chi connectivity index (χ1v) is 14.1. The van der Waals surface area contributed by atoms with Crippen LogP contribution in [0.1, 0.15) is 63.8 Å². The first-order valence-electron chi connectivity index (χ1n) is 14.1. The molecule has 2 aromatic carbocycles. The lowest BCUT2D eigenvalue weighted by Crippen LogP contribution is -2.67. The van der Waals surface area contributed by atoms with Gasteiger partial charge < -0.3 is 20.5 Å². The molecular formula is C32H39N5O3. The molecular weight excluding hydrogens is 502 g/mol. The molecule has 1 aliphatic carbocycles. The molecule has 1 aliphatic heterocycles. The third-order valence-corrected chi connectivity index (χ3v) is 7.73. The lowest BCUT2D eigenvalue weighted by atomic mass is 9.87. The summed E-state index contributed by atoms with van der Waals surface area (Å²) in [7, 11) is 0. The van der Waals surface area contributed by atoms with Crippen molar-refractivity contribution in [1.29, 1.82) is 0 Å². The molecule has 0 spiro atoms. The predicted octanol–water partition coefficient (Wildman–Crippen LogP) is 4.19. The Kier molecular flexibility index (Phi) is 7.53. The fourth-order valence-corrected chi connectivity index (χ4v) is 6.00. The van der Waals surface area contributed by atoms with Gasteiger partial charge in [-0.3, -0.25) is 14.4 Å². The third-order valence-electron chi connectivity index (χ3n) is 7.73. The summed E-state index contributed by atoms with van der Waals surface area (Å²) in [6, 6.07) is 13.3. The number of H-pyrrole nitrogens is 1. The molecule has 3 aromatic rings. The lowest BCUT2D eigenvalue weighted by molar-refractivity contribution is -0.158. The van der Waals surface area contributed by atoms with Gasteiger partial charge in [0.25, 0.3) is 0 Å². The third kappa shape index (κ3) is 5.67. The van der Waals surface area contributed by atoms with E-state index >= 15 is 0 Å². The van der Waals surface area contributed by atoms with E-state index < -0.39 is 23.7 Å². The number of hydrogen-bond donors (Lipinski definition) is 3. The number of piperazine rings is 1. The van der Waals surface area contributed by atoms with Gasteiger partial charge in [0, 0.05) is 23.5 Å². The standard InChI is InChI=1S/C32H39N5O3/c1-19(2)16-25-29(38)35-26(24-17-22-8-6-7-9-23(22)18-24)31(40)37(25)27(30(39)36-32(3,4)5)20-10-12-21(13-11-20)28-33-14-15-34-28/h6-15,19,24-27H,16-18H2,1-5H3,(H,33,34)(H,35,38)(H,36,39)/t25-,26-,27?/m1/s1. The highest BCUT2D eigenvalue weighted by Crippen LogP contribution is 2.36. The molecule has 2 heterocycles. The number of aromatic nitrogens is 2. The fourth-order valence-electron chi connectivity index (χ4n) is 6.00. The lowest BCUT2D eigenvalue weighted by Gasteiger charge is -2.45. The van der Waals surface area contributed by atoms with Crippen LogP contribution in [0.3, 0.4) is 0 Å². The summed E-state index contributed by atoms with van der Waals surface area (Å²) in [6.07, 6.45) is 5.33. The highest BCUT2D eigenvalue weighted by molar-refractivity contribution is 6.00. The van der Waals surface area contributed by atoms with Gasteiger partial charge in [0.2, 0.25) is 17.7 Å². The Labute approximate surface area is 236 Å². The van der Waals surface area contributed by atoms with Crippen LogP contribution < -0.4 is 10.6 Å². The molecule has 1 fully saturated rings. The Morgan fingerprint density at radius 3 is 2.25 bits per heavy atom. The zero-order valence-electron chi connectivity index (χ0n) is 23.9. The number of nitrogens with one attached hydrogen (secondary N) is 3. The van der Waals surface area contributed by atoms with Crippen molar-refractivity contribution in [3.8, 4) is 11.4 Å². The number of carbonyl (C=O) groups excluding carboxylic acids is 3. The molecule has 2 aliphatic rings. The molecule has 1 unspecified atom stereocenters. The maximum Gasteiger partial charge on any atom is 0.247 e. The predicted molar refractivity (Wildman–Crippen MR) is 154 cm³/mol. The number of nitrogens with zero attached hydrogens (tertiary/aromatic N) is 2. The average molecular weight is 542 g/mol. The van der Waals surface area contributed by atoms with Crippen LogP contribution in [0.2, 0.25) is 0 Å². The van der Waals surface area contributed by atoms with Crippen molar-refractivity contribution in [3.63, 3.8) is 0 Å². The molecule has 0 radical (unpaired) electrons. The normalized spacial score (nSPS) is 20.4. The smallest absolute Gasteiger partial charge is 0.247 e. The van der Waals surface area contributed by atoms with E-state index in [1.165, 1.54) is 11.1 Å². The number of benzene rings is 2. The maximum absolute atomic E-state index is 14.5. The summed E-state index contributed by atoms with van der Waals surface area (Å²) < 4.78 is 0. The van der Waals surface area contributed by atoms with Crippen LogP contribution in [0.5, 0.6) is 0 Å². The van der Waals surface area contributed by atoms with Crippen molar-refractivity contribution in [3.05, 3.63) is 77.6 Å². The van der Waals surface area contributed by atoms with E-state index in [1.807, 2.05) is 71.0 Å². The van der Waals surface area contributed by atoms with Crippen molar-refractivity contribution < 1.29 is 14.4 Å². The van der Waals surface area contributed by atoms with Gasteiger partial charge in [-0.25, -0.2) is 4.98 Å². The largest absolute Gasteiger partial charge is 0.349 e. The molecule has 40 heavy (non-hydrogen) atoms. The molecule has 5 rings (SSSR count). The minimum atomic E-state index is -0.960. The topological polar surface area (TPSA) is 107 Å². The van der Waals surface area contributed by atoms with E-state index in [0.717, 1.165) is 5.56 Å². The Morgan fingerprint density at radius 1 is 1.05 bits per heavy atom. The molecule has 210 valence electrons. The number of hydrogen-bond acceptors (Lipinski definition) is 4. The molecule has 3 atom stereocenters. The van der Waals surface area contributed by atoms with Gasteiger partial charge in [-0.1, -0.05) is 62.4 Å². The molecule has 0 saturated carbocycles. The number of carbonyl (C=O) groups is 3. The van der Waals surface area contributed by atoms with Crippen LogP contribution in [-0.4, -0.2) is 50.2 Å². The quantitative estimate of drug-likeness (QED) is 0.417. The van der Waals surface area contributed by atoms with E-state index in [9.17, 15) is 14.4 Å². The molecule has 0 bridgehead atoms.